The first-order chi connectivity index (χ1) is 7.36. The van der Waals surface area contributed by atoms with E-state index >= 15 is 0 Å². The first-order valence-electron chi connectivity index (χ1n) is 5.35. The maximum Gasteiger partial charge on any atom is 0.434 e. The van der Waals surface area contributed by atoms with Crippen LogP contribution in [0.25, 0.3) is 0 Å². The highest BCUT2D eigenvalue weighted by atomic mass is 19.4. The Morgan fingerprint density at radius 2 is 1.94 bits per heavy atom. The van der Waals surface area contributed by atoms with E-state index < -0.39 is 11.9 Å². The van der Waals surface area contributed by atoms with Crippen molar-refractivity contribution in [3.05, 3.63) is 11.4 Å². The molecule has 1 heterocycles. The number of aryl methyl sites for hydroxylation is 1. The molecule has 0 N–H and O–H groups in total. The van der Waals surface area contributed by atoms with Gasteiger partial charge in [0.15, 0.2) is 5.69 Å². The normalized spacial score (nSPS) is 12.4. The lowest BCUT2D eigenvalue weighted by molar-refractivity contribution is -0.144. The molecule has 0 unspecified atom stereocenters. The van der Waals surface area contributed by atoms with Crippen molar-refractivity contribution in [1.82, 2.24) is 15.0 Å². The Balaban J connectivity index is 3.09. The predicted octanol–water partition coefficient (Wildman–Crippen LogP) is 2.91. The first kappa shape index (κ1) is 13.0. The number of alkyl halides is 3. The van der Waals surface area contributed by atoms with Crippen LogP contribution >= 0.6 is 0 Å². The highest BCUT2D eigenvalue weighted by molar-refractivity contribution is 5.14. The van der Waals surface area contributed by atoms with Gasteiger partial charge < -0.3 is 0 Å². The topological polar surface area (TPSA) is 30.7 Å². The van der Waals surface area contributed by atoms with Crippen molar-refractivity contribution in [3.63, 3.8) is 0 Å². The molecule has 0 amide bonds. The van der Waals surface area contributed by atoms with Gasteiger partial charge in [0.2, 0.25) is 0 Å². The summed E-state index contributed by atoms with van der Waals surface area (Å²) in [5.74, 6) is 0.132. The monoisotopic (exact) mass is 235 g/mol. The van der Waals surface area contributed by atoms with Crippen molar-refractivity contribution in [2.45, 2.75) is 46.3 Å². The van der Waals surface area contributed by atoms with E-state index in [9.17, 15) is 13.2 Å². The van der Waals surface area contributed by atoms with Gasteiger partial charge >= 0.3 is 6.18 Å². The van der Waals surface area contributed by atoms with E-state index in [1.807, 2.05) is 20.8 Å². The van der Waals surface area contributed by atoms with E-state index in [-0.39, 0.29) is 18.2 Å². The Bertz CT molecular complexity index is 342. The van der Waals surface area contributed by atoms with Crippen LogP contribution in [0.4, 0.5) is 13.2 Å². The van der Waals surface area contributed by atoms with Crippen LogP contribution in [0.15, 0.2) is 0 Å². The quantitative estimate of drug-likeness (QED) is 0.803. The standard InChI is InChI=1S/C10H16F3N3/c1-4-5-16-9(10(11,12)13)8(14-15-16)6-7(2)3/h7H,4-6H2,1-3H3. The van der Waals surface area contributed by atoms with E-state index in [0.717, 1.165) is 4.68 Å². The van der Waals surface area contributed by atoms with Crippen molar-refractivity contribution in [2.75, 3.05) is 0 Å². The molecule has 0 atom stereocenters. The minimum absolute atomic E-state index is 0.0518. The summed E-state index contributed by atoms with van der Waals surface area (Å²) in [5.41, 5.74) is -0.640. The van der Waals surface area contributed by atoms with Gasteiger partial charge in [-0.05, 0) is 18.8 Å². The molecule has 0 spiro atoms. The Morgan fingerprint density at radius 1 is 1.31 bits per heavy atom. The van der Waals surface area contributed by atoms with Crippen LogP contribution < -0.4 is 0 Å². The largest absolute Gasteiger partial charge is 0.434 e. The van der Waals surface area contributed by atoms with Crippen LogP contribution in [0, 0.1) is 5.92 Å². The molecule has 1 aromatic rings. The van der Waals surface area contributed by atoms with E-state index in [0.29, 0.717) is 12.8 Å². The van der Waals surface area contributed by atoms with E-state index in [4.69, 9.17) is 0 Å². The molecule has 1 rings (SSSR count). The summed E-state index contributed by atoms with van der Waals surface area (Å²) < 4.78 is 39.4. The average Bonchev–Trinajstić information content (AvgIpc) is 2.46. The van der Waals surface area contributed by atoms with Crippen molar-refractivity contribution in [1.29, 1.82) is 0 Å². The number of aromatic nitrogens is 3. The van der Waals surface area contributed by atoms with Gasteiger partial charge in [0, 0.05) is 6.54 Å². The van der Waals surface area contributed by atoms with Gasteiger partial charge in [0.05, 0.1) is 5.69 Å². The Labute approximate surface area is 92.6 Å². The molecule has 0 saturated heterocycles. The maximum atomic E-state index is 12.8. The molecule has 92 valence electrons. The molecule has 0 radical (unpaired) electrons. The molecule has 0 fully saturated rings. The fourth-order valence-corrected chi connectivity index (χ4v) is 1.55. The molecule has 3 nitrogen and oxygen atoms in total. The van der Waals surface area contributed by atoms with Crippen molar-refractivity contribution < 1.29 is 13.2 Å². The first-order valence-corrected chi connectivity index (χ1v) is 5.35. The fourth-order valence-electron chi connectivity index (χ4n) is 1.55. The summed E-state index contributed by atoms with van der Waals surface area (Å²) in [4.78, 5) is 0. The Kier molecular flexibility index (Phi) is 3.93. The highest BCUT2D eigenvalue weighted by Crippen LogP contribution is 2.32. The third-order valence-corrected chi connectivity index (χ3v) is 2.11. The smallest absolute Gasteiger partial charge is 0.240 e. The molecule has 6 heteroatoms. The van der Waals surface area contributed by atoms with Crippen molar-refractivity contribution in [2.24, 2.45) is 5.92 Å². The summed E-state index contributed by atoms with van der Waals surface area (Å²) in [6.07, 6.45) is -3.46. The zero-order valence-corrected chi connectivity index (χ0v) is 9.67. The predicted molar refractivity (Wildman–Crippen MR) is 53.9 cm³/mol. The minimum Gasteiger partial charge on any atom is -0.240 e. The second kappa shape index (κ2) is 4.84. The van der Waals surface area contributed by atoms with Gasteiger partial charge in [-0.25, -0.2) is 4.68 Å². The van der Waals surface area contributed by atoms with Crippen molar-refractivity contribution >= 4 is 0 Å². The van der Waals surface area contributed by atoms with E-state index in [1.165, 1.54) is 0 Å². The molecular weight excluding hydrogens is 219 g/mol. The Hall–Kier alpha value is -1.07. The summed E-state index contributed by atoms with van der Waals surface area (Å²) in [5, 5.41) is 7.21. The lowest BCUT2D eigenvalue weighted by Crippen LogP contribution is -2.17. The van der Waals surface area contributed by atoms with Gasteiger partial charge in [-0.3, -0.25) is 0 Å². The number of nitrogens with zero attached hydrogens (tertiary/aromatic N) is 3. The molecule has 0 aromatic carbocycles. The second-order valence-electron chi connectivity index (χ2n) is 4.20. The summed E-state index contributed by atoms with van der Waals surface area (Å²) in [7, 11) is 0. The van der Waals surface area contributed by atoms with Crippen LogP contribution in [-0.2, 0) is 19.1 Å². The molecule has 1 aromatic heterocycles. The second-order valence-corrected chi connectivity index (χ2v) is 4.20. The Morgan fingerprint density at radius 3 is 2.38 bits per heavy atom. The van der Waals surface area contributed by atoms with Gasteiger partial charge in [0.1, 0.15) is 0 Å². The molecule has 0 bridgehead atoms. The van der Waals surface area contributed by atoms with Gasteiger partial charge in [-0.15, -0.1) is 5.10 Å². The van der Waals surface area contributed by atoms with Gasteiger partial charge in [0.25, 0.3) is 0 Å². The summed E-state index contributed by atoms with van der Waals surface area (Å²) >= 11 is 0. The van der Waals surface area contributed by atoms with Crippen LogP contribution in [-0.4, -0.2) is 15.0 Å². The average molecular weight is 235 g/mol. The van der Waals surface area contributed by atoms with Crippen LogP contribution in [0.2, 0.25) is 0 Å². The third-order valence-electron chi connectivity index (χ3n) is 2.11. The highest BCUT2D eigenvalue weighted by Gasteiger charge is 2.38. The van der Waals surface area contributed by atoms with Crippen LogP contribution in [0.3, 0.4) is 0 Å². The molecule has 0 aliphatic carbocycles. The number of hydrogen-bond acceptors (Lipinski definition) is 2. The van der Waals surface area contributed by atoms with E-state index in [1.54, 1.807) is 0 Å². The van der Waals surface area contributed by atoms with Gasteiger partial charge in [-0.1, -0.05) is 26.0 Å². The van der Waals surface area contributed by atoms with Crippen molar-refractivity contribution in [3.8, 4) is 0 Å². The molecule has 16 heavy (non-hydrogen) atoms. The number of halogens is 3. The van der Waals surface area contributed by atoms with E-state index in [2.05, 4.69) is 10.3 Å². The molecule has 0 saturated carbocycles. The lowest BCUT2D eigenvalue weighted by atomic mass is 10.1. The zero-order chi connectivity index (χ0) is 12.3. The number of rotatable bonds is 4. The van der Waals surface area contributed by atoms with Gasteiger partial charge in [-0.2, -0.15) is 13.2 Å². The lowest BCUT2D eigenvalue weighted by Gasteiger charge is -2.11. The fraction of sp³-hybridized carbons (Fsp3) is 0.800. The summed E-state index contributed by atoms with van der Waals surface area (Å²) in [6.45, 7) is 5.78. The zero-order valence-electron chi connectivity index (χ0n) is 9.67. The molecular formula is C10H16F3N3. The van der Waals surface area contributed by atoms with Crippen LogP contribution in [0.1, 0.15) is 38.6 Å². The minimum atomic E-state index is -4.37. The summed E-state index contributed by atoms with van der Waals surface area (Å²) in [6, 6.07) is 0. The third kappa shape index (κ3) is 2.96. The molecule has 0 aliphatic rings. The maximum absolute atomic E-state index is 12.8. The number of hydrogen-bond donors (Lipinski definition) is 0. The SMILES string of the molecule is CCCn1nnc(CC(C)C)c1C(F)(F)F. The van der Waals surface area contributed by atoms with Crippen LogP contribution in [0.5, 0.6) is 0 Å². The molecule has 0 aliphatic heterocycles.